The predicted octanol–water partition coefficient (Wildman–Crippen LogP) is 0.941. The fourth-order valence-electron chi connectivity index (χ4n) is 1.28. The van der Waals surface area contributed by atoms with Crippen LogP contribution in [0.25, 0.3) is 0 Å². The molecule has 84 valence electrons. The Balaban J connectivity index is 2.63. The van der Waals surface area contributed by atoms with Gasteiger partial charge in [0.05, 0.1) is 6.54 Å². The minimum atomic E-state index is -0.209. The standard InChI is InChI=1S/C11H18N2O2/c1-8-4-5-9(15-8)11(2,3)7-13-10(14)6-12/h4-5H,6-7,12H2,1-3H3,(H,13,14). The lowest BCUT2D eigenvalue weighted by Crippen LogP contribution is -2.39. The highest BCUT2D eigenvalue weighted by Crippen LogP contribution is 2.24. The number of rotatable bonds is 4. The van der Waals surface area contributed by atoms with Crippen molar-refractivity contribution in [1.82, 2.24) is 5.32 Å². The molecule has 4 nitrogen and oxygen atoms in total. The molecule has 1 aromatic rings. The molecule has 0 aliphatic rings. The van der Waals surface area contributed by atoms with E-state index in [2.05, 4.69) is 5.32 Å². The van der Waals surface area contributed by atoms with Crippen molar-refractivity contribution in [2.45, 2.75) is 26.2 Å². The van der Waals surface area contributed by atoms with E-state index in [1.54, 1.807) is 0 Å². The van der Waals surface area contributed by atoms with Crippen LogP contribution in [0.5, 0.6) is 0 Å². The molecule has 1 amide bonds. The van der Waals surface area contributed by atoms with Crippen LogP contribution in [0, 0.1) is 6.92 Å². The Kier molecular flexibility index (Phi) is 3.52. The third-order valence-corrected chi connectivity index (χ3v) is 2.32. The Morgan fingerprint density at radius 3 is 2.67 bits per heavy atom. The van der Waals surface area contributed by atoms with Crippen molar-refractivity contribution < 1.29 is 9.21 Å². The molecule has 0 aliphatic heterocycles. The first-order valence-corrected chi connectivity index (χ1v) is 4.99. The molecule has 0 aliphatic carbocycles. The summed E-state index contributed by atoms with van der Waals surface area (Å²) in [5.41, 5.74) is 5.00. The van der Waals surface area contributed by atoms with Crippen molar-refractivity contribution in [1.29, 1.82) is 0 Å². The monoisotopic (exact) mass is 210 g/mol. The van der Waals surface area contributed by atoms with Crippen LogP contribution in [0.2, 0.25) is 0 Å². The molecule has 0 radical (unpaired) electrons. The molecule has 3 N–H and O–H groups in total. The molecule has 1 rings (SSSR count). The number of carbonyl (C=O) groups excluding carboxylic acids is 1. The number of hydrogen-bond acceptors (Lipinski definition) is 3. The lowest BCUT2D eigenvalue weighted by Gasteiger charge is -2.22. The number of amides is 1. The fraction of sp³-hybridized carbons (Fsp3) is 0.545. The van der Waals surface area contributed by atoms with Crippen LogP contribution in [0.3, 0.4) is 0 Å². The summed E-state index contributed by atoms with van der Waals surface area (Å²) >= 11 is 0. The van der Waals surface area contributed by atoms with E-state index in [1.165, 1.54) is 0 Å². The van der Waals surface area contributed by atoms with E-state index in [0.29, 0.717) is 6.54 Å². The van der Waals surface area contributed by atoms with Gasteiger partial charge in [-0.3, -0.25) is 4.79 Å². The van der Waals surface area contributed by atoms with Crippen molar-refractivity contribution >= 4 is 5.91 Å². The number of furan rings is 1. The van der Waals surface area contributed by atoms with E-state index in [9.17, 15) is 4.79 Å². The molecule has 0 saturated carbocycles. The summed E-state index contributed by atoms with van der Waals surface area (Å²) in [6.07, 6.45) is 0. The average molecular weight is 210 g/mol. The molecule has 0 fully saturated rings. The molecule has 0 saturated heterocycles. The summed E-state index contributed by atoms with van der Waals surface area (Å²) in [6, 6.07) is 3.85. The summed E-state index contributed by atoms with van der Waals surface area (Å²) in [6.45, 7) is 6.48. The van der Waals surface area contributed by atoms with Gasteiger partial charge in [-0.2, -0.15) is 0 Å². The van der Waals surface area contributed by atoms with Crippen LogP contribution in [0.4, 0.5) is 0 Å². The van der Waals surface area contributed by atoms with Crippen LogP contribution in [0.1, 0.15) is 25.4 Å². The van der Waals surface area contributed by atoms with Gasteiger partial charge in [-0.1, -0.05) is 13.8 Å². The van der Waals surface area contributed by atoms with Crippen molar-refractivity contribution in [2.24, 2.45) is 5.73 Å². The molecule has 1 aromatic heterocycles. The van der Waals surface area contributed by atoms with Gasteiger partial charge in [-0.05, 0) is 19.1 Å². The van der Waals surface area contributed by atoms with Crippen molar-refractivity contribution in [3.8, 4) is 0 Å². The van der Waals surface area contributed by atoms with Gasteiger partial charge in [0.1, 0.15) is 11.5 Å². The fourth-order valence-corrected chi connectivity index (χ4v) is 1.28. The Labute approximate surface area is 89.8 Å². The van der Waals surface area contributed by atoms with Gasteiger partial charge >= 0.3 is 0 Å². The average Bonchev–Trinajstić information content (AvgIpc) is 2.62. The summed E-state index contributed by atoms with van der Waals surface area (Å²) in [4.78, 5) is 11.0. The van der Waals surface area contributed by atoms with Gasteiger partial charge in [-0.25, -0.2) is 0 Å². The molecule has 0 bridgehead atoms. The van der Waals surface area contributed by atoms with Gasteiger partial charge in [0.2, 0.25) is 5.91 Å². The number of nitrogens with two attached hydrogens (primary N) is 1. The van der Waals surface area contributed by atoms with Gasteiger partial charge in [-0.15, -0.1) is 0 Å². The van der Waals surface area contributed by atoms with Gasteiger partial charge < -0.3 is 15.5 Å². The van der Waals surface area contributed by atoms with E-state index in [0.717, 1.165) is 11.5 Å². The molecule has 1 heterocycles. The second-order valence-corrected chi connectivity index (χ2v) is 4.28. The second kappa shape index (κ2) is 4.49. The third kappa shape index (κ3) is 3.09. The summed E-state index contributed by atoms with van der Waals surface area (Å²) in [5, 5.41) is 2.76. The highest BCUT2D eigenvalue weighted by Gasteiger charge is 2.24. The maximum atomic E-state index is 11.0. The van der Waals surface area contributed by atoms with E-state index in [1.807, 2.05) is 32.9 Å². The van der Waals surface area contributed by atoms with Crippen LogP contribution in [-0.4, -0.2) is 19.0 Å². The first-order chi connectivity index (χ1) is 6.95. The molecule has 15 heavy (non-hydrogen) atoms. The SMILES string of the molecule is Cc1ccc(C(C)(C)CNC(=O)CN)o1. The predicted molar refractivity (Wildman–Crippen MR) is 58.5 cm³/mol. The third-order valence-electron chi connectivity index (χ3n) is 2.32. The van der Waals surface area contributed by atoms with Gasteiger partial charge in [0.15, 0.2) is 0 Å². The van der Waals surface area contributed by atoms with Crippen LogP contribution < -0.4 is 11.1 Å². The first-order valence-electron chi connectivity index (χ1n) is 4.99. The van der Waals surface area contributed by atoms with E-state index < -0.39 is 0 Å². The van der Waals surface area contributed by atoms with Crippen LogP contribution in [0.15, 0.2) is 16.5 Å². The lowest BCUT2D eigenvalue weighted by molar-refractivity contribution is -0.119. The largest absolute Gasteiger partial charge is 0.466 e. The van der Waals surface area contributed by atoms with Crippen LogP contribution >= 0.6 is 0 Å². The molecule has 0 spiro atoms. The number of hydrogen-bond donors (Lipinski definition) is 2. The summed E-state index contributed by atoms with van der Waals surface area (Å²) < 4.78 is 5.53. The zero-order valence-corrected chi connectivity index (χ0v) is 9.46. The topological polar surface area (TPSA) is 68.3 Å². The molecule has 4 heteroatoms. The zero-order valence-electron chi connectivity index (χ0n) is 9.46. The number of carbonyl (C=O) groups is 1. The van der Waals surface area contributed by atoms with E-state index in [-0.39, 0.29) is 17.9 Å². The van der Waals surface area contributed by atoms with Crippen LogP contribution in [-0.2, 0) is 10.2 Å². The smallest absolute Gasteiger partial charge is 0.233 e. The van der Waals surface area contributed by atoms with Gasteiger partial charge in [0, 0.05) is 12.0 Å². The minimum absolute atomic E-state index is 0.0211. The molecular weight excluding hydrogens is 192 g/mol. The van der Waals surface area contributed by atoms with Crippen molar-refractivity contribution in [3.63, 3.8) is 0 Å². The normalized spacial score (nSPS) is 11.5. The Hall–Kier alpha value is -1.29. The maximum Gasteiger partial charge on any atom is 0.233 e. The number of aryl methyl sites for hydroxylation is 1. The van der Waals surface area contributed by atoms with Gasteiger partial charge in [0.25, 0.3) is 0 Å². The Bertz CT molecular complexity index is 342. The second-order valence-electron chi connectivity index (χ2n) is 4.28. The summed E-state index contributed by atoms with van der Waals surface area (Å²) in [5.74, 6) is 1.60. The van der Waals surface area contributed by atoms with Crippen molar-refractivity contribution in [2.75, 3.05) is 13.1 Å². The summed E-state index contributed by atoms with van der Waals surface area (Å²) in [7, 11) is 0. The molecule has 0 aromatic carbocycles. The lowest BCUT2D eigenvalue weighted by atomic mass is 9.90. The first kappa shape index (κ1) is 11.8. The zero-order chi connectivity index (χ0) is 11.5. The van der Waals surface area contributed by atoms with Crippen molar-refractivity contribution in [3.05, 3.63) is 23.7 Å². The van der Waals surface area contributed by atoms with E-state index in [4.69, 9.17) is 10.2 Å². The molecular formula is C11H18N2O2. The highest BCUT2D eigenvalue weighted by atomic mass is 16.3. The number of nitrogens with one attached hydrogen (secondary N) is 1. The molecule has 0 unspecified atom stereocenters. The maximum absolute atomic E-state index is 11.0. The highest BCUT2D eigenvalue weighted by molar-refractivity contribution is 5.77. The van der Waals surface area contributed by atoms with E-state index >= 15 is 0 Å². The molecule has 0 atom stereocenters. The minimum Gasteiger partial charge on any atom is -0.466 e. The Morgan fingerprint density at radius 1 is 1.53 bits per heavy atom. The quantitative estimate of drug-likeness (QED) is 0.777. The Morgan fingerprint density at radius 2 is 2.20 bits per heavy atom.